The van der Waals surface area contributed by atoms with Crippen molar-refractivity contribution in [2.24, 2.45) is 0 Å². The molecule has 2 atom stereocenters. The van der Waals surface area contributed by atoms with Crippen molar-refractivity contribution in [3.8, 4) is 5.75 Å². The van der Waals surface area contributed by atoms with Gasteiger partial charge in [-0.15, -0.1) is 0 Å². The molecular weight excluding hydrogens is 468 g/mol. The molecule has 0 aliphatic heterocycles. The number of nitrogens with one attached hydrogen (secondary N) is 1. The number of hydrogen-bond acceptors (Lipinski definition) is 5. The summed E-state index contributed by atoms with van der Waals surface area (Å²) in [7, 11) is -4.41. The monoisotopic (exact) mass is 485 g/mol. The van der Waals surface area contributed by atoms with Crippen LogP contribution in [0.2, 0.25) is 0 Å². The van der Waals surface area contributed by atoms with Crippen molar-refractivity contribution in [1.29, 1.82) is 0 Å². The number of carboxylic acids is 1. The van der Waals surface area contributed by atoms with Crippen molar-refractivity contribution in [3.05, 3.63) is 65.5 Å². The first-order chi connectivity index (χ1) is 14.8. The number of para-hydroxylation sites is 1. The van der Waals surface area contributed by atoms with Crippen LogP contribution < -0.4 is 10.1 Å². The molecule has 2 rings (SSSR count). The summed E-state index contributed by atoms with van der Waals surface area (Å²) in [6.45, 7) is -3.25. The van der Waals surface area contributed by atoms with Gasteiger partial charge >= 0.3 is 18.8 Å². The van der Waals surface area contributed by atoms with Crippen molar-refractivity contribution in [3.63, 3.8) is 0 Å². The molecule has 0 saturated heterocycles. The van der Waals surface area contributed by atoms with E-state index in [2.05, 4.69) is 4.74 Å². The second-order valence-corrected chi connectivity index (χ2v) is 8.73. The Balaban J connectivity index is 2.27. The third-order valence-corrected chi connectivity index (χ3v) is 5.77. The number of carboxylic acid groups (broad SMARTS) is 1. The standard InChI is InChI=1S/C19H17F6NO5S/c20-13-7-5-11(6-8-13)16(19(23,24)25)26-14(17(27)28)10-32(29,30)9-12-3-1-2-4-15(12)31-18(21)22/h1-8,14,16,18,26H,9-10H2,(H,27,28)/t14-,16?/m0/s1. The highest BCUT2D eigenvalue weighted by molar-refractivity contribution is 7.90. The molecule has 0 aliphatic carbocycles. The topological polar surface area (TPSA) is 92.7 Å². The summed E-state index contributed by atoms with van der Waals surface area (Å²) < 4.78 is 108. The molecule has 6 nitrogen and oxygen atoms in total. The van der Waals surface area contributed by atoms with Gasteiger partial charge in [-0.25, -0.2) is 12.8 Å². The van der Waals surface area contributed by atoms with Crippen LogP contribution >= 0.6 is 0 Å². The molecule has 0 aliphatic rings. The van der Waals surface area contributed by atoms with Crippen LogP contribution in [0.4, 0.5) is 26.3 Å². The molecule has 0 bridgehead atoms. The van der Waals surface area contributed by atoms with Crippen molar-refractivity contribution < 1.29 is 49.4 Å². The number of aliphatic carboxylic acids is 1. The van der Waals surface area contributed by atoms with Crippen LogP contribution in [0.1, 0.15) is 17.2 Å². The molecule has 0 saturated carbocycles. The molecule has 0 aromatic heterocycles. The fourth-order valence-electron chi connectivity index (χ4n) is 2.81. The fraction of sp³-hybridized carbons (Fsp3) is 0.316. The number of halogens is 6. The van der Waals surface area contributed by atoms with Gasteiger partial charge in [-0.3, -0.25) is 10.1 Å². The van der Waals surface area contributed by atoms with Gasteiger partial charge in [0, 0.05) is 5.56 Å². The Hall–Kier alpha value is -2.80. The summed E-state index contributed by atoms with van der Waals surface area (Å²) in [5.41, 5.74) is -0.749. The van der Waals surface area contributed by atoms with Crippen molar-refractivity contribution in [1.82, 2.24) is 5.32 Å². The fourth-order valence-corrected chi connectivity index (χ4v) is 4.39. The molecule has 0 amide bonds. The smallest absolute Gasteiger partial charge is 0.407 e. The number of carbonyl (C=O) groups is 1. The average molecular weight is 485 g/mol. The van der Waals surface area contributed by atoms with Crippen LogP contribution in [0.3, 0.4) is 0 Å². The first kappa shape index (κ1) is 25.5. The molecule has 0 fully saturated rings. The van der Waals surface area contributed by atoms with Gasteiger partial charge in [0.1, 0.15) is 23.7 Å². The number of alkyl halides is 5. The number of benzene rings is 2. The Bertz CT molecular complexity index is 1030. The second kappa shape index (κ2) is 10.2. The predicted octanol–water partition coefficient (Wildman–Crippen LogP) is 3.69. The van der Waals surface area contributed by atoms with E-state index in [0.29, 0.717) is 0 Å². The van der Waals surface area contributed by atoms with Gasteiger partial charge < -0.3 is 9.84 Å². The maximum Gasteiger partial charge on any atom is 0.407 e. The summed E-state index contributed by atoms with van der Waals surface area (Å²) in [6, 6.07) is 3.07. The highest BCUT2D eigenvalue weighted by Crippen LogP contribution is 2.33. The zero-order valence-corrected chi connectivity index (χ0v) is 16.8. The van der Waals surface area contributed by atoms with Crippen LogP contribution in [0.5, 0.6) is 5.75 Å². The molecule has 2 aromatic rings. The second-order valence-electron chi connectivity index (χ2n) is 6.62. The van der Waals surface area contributed by atoms with Gasteiger partial charge in [-0.1, -0.05) is 30.3 Å². The molecule has 1 unspecified atom stereocenters. The third-order valence-electron chi connectivity index (χ3n) is 4.18. The van der Waals surface area contributed by atoms with Gasteiger partial charge in [-0.2, -0.15) is 22.0 Å². The quantitative estimate of drug-likeness (QED) is 0.499. The number of sulfone groups is 1. The first-order valence-corrected chi connectivity index (χ1v) is 10.6. The van der Waals surface area contributed by atoms with Gasteiger partial charge in [-0.05, 0) is 23.8 Å². The van der Waals surface area contributed by atoms with E-state index in [-0.39, 0.29) is 5.56 Å². The average Bonchev–Trinajstić information content (AvgIpc) is 2.66. The van der Waals surface area contributed by atoms with Crippen molar-refractivity contribution >= 4 is 15.8 Å². The predicted molar refractivity (Wildman–Crippen MR) is 100 cm³/mol. The Labute approximate surface area is 178 Å². The van der Waals surface area contributed by atoms with Gasteiger partial charge in [0.05, 0.1) is 11.5 Å². The summed E-state index contributed by atoms with van der Waals surface area (Å²) >= 11 is 0. The maximum atomic E-state index is 13.5. The van der Waals surface area contributed by atoms with Crippen LogP contribution in [-0.4, -0.2) is 44.1 Å². The van der Waals surface area contributed by atoms with E-state index >= 15 is 0 Å². The van der Waals surface area contributed by atoms with E-state index in [4.69, 9.17) is 0 Å². The number of rotatable bonds is 10. The van der Waals surface area contributed by atoms with Gasteiger partial charge in [0.2, 0.25) is 0 Å². The molecule has 176 valence electrons. The van der Waals surface area contributed by atoms with E-state index in [0.717, 1.165) is 36.4 Å². The minimum atomic E-state index is -5.03. The highest BCUT2D eigenvalue weighted by atomic mass is 32.2. The molecule has 2 N–H and O–H groups in total. The summed E-state index contributed by atoms with van der Waals surface area (Å²) in [6.07, 6.45) is -5.03. The Morgan fingerprint density at radius 2 is 1.66 bits per heavy atom. The summed E-state index contributed by atoms with van der Waals surface area (Å²) in [5, 5.41) is 11.0. The lowest BCUT2D eigenvalue weighted by atomic mass is 10.1. The molecule has 13 heteroatoms. The minimum absolute atomic E-state index is 0.220. The number of hydrogen-bond donors (Lipinski definition) is 2. The van der Waals surface area contributed by atoms with Crippen LogP contribution in [0.15, 0.2) is 48.5 Å². The van der Waals surface area contributed by atoms with Crippen molar-refractivity contribution in [2.75, 3.05) is 5.75 Å². The normalized spacial score (nSPS) is 14.2. The highest BCUT2D eigenvalue weighted by Gasteiger charge is 2.43. The third kappa shape index (κ3) is 7.41. The molecular formula is C19H17F6NO5S. The molecule has 32 heavy (non-hydrogen) atoms. The Kier molecular flexibility index (Phi) is 8.13. The molecule has 0 heterocycles. The molecule has 0 spiro atoms. The lowest BCUT2D eigenvalue weighted by Gasteiger charge is -2.26. The van der Waals surface area contributed by atoms with Crippen molar-refractivity contribution in [2.45, 2.75) is 30.6 Å². The molecule has 2 aromatic carbocycles. The lowest BCUT2D eigenvalue weighted by molar-refractivity contribution is -0.162. The largest absolute Gasteiger partial charge is 0.480 e. The minimum Gasteiger partial charge on any atom is -0.480 e. The van der Waals surface area contributed by atoms with E-state index in [9.17, 15) is 44.7 Å². The van der Waals surface area contributed by atoms with E-state index in [1.54, 1.807) is 5.32 Å². The first-order valence-electron chi connectivity index (χ1n) is 8.82. The van der Waals surface area contributed by atoms with E-state index in [1.807, 2.05) is 0 Å². The zero-order chi connectivity index (χ0) is 24.1. The van der Waals surface area contributed by atoms with E-state index < -0.39 is 69.3 Å². The maximum absolute atomic E-state index is 13.5. The van der Waals surface area contributed by atoms with Crippen LogP contribution in [-0.2, 0) is 20.4 Å². The van der Waals surface area contributed by atoms with Gasteiger partial charge in [0.25, 0.3) is 0 Å². The van der Waals surface area contributed by atoms with E-state index in [1.165, 1.54) is 12.1 Å². The molecule has 0 radical (unpaired) electrons. The summed E-state index contributed by atoms with van der Waals surface area (Å²) in [5.74, 6) is -5.41. The lowest BCUT2D eigenvalue weighted by Crippen LogP contribution is -2.48. The SMILES string of the molecule is O=C(O)[C@H](CS(=O)(=O)Cc1ccccc1OC(F)F)NC(c1ccc(F)cc1)C(F)(F)F. The van der Waals surface area contributed by atoms with Crippen LogP contribution in [0, 0.1) is 5.82 Å². The van der Waals surface area contributed by atoms with Crippen LogP contribution in [0.25, 0.3) is 0 Å². The number of ether oxygens (including phenoxy) is 1. The Morgan fingerprint density at radius 1 is 1.06 bits per heavy atom. The van der Waals surface area contributed by atoms with Gasteiger partial charge in [0.15, 0.2) is 9.84 Å². The Morgan fingerprint density at radius 3 is 2.19 bits per heavy atom. The zero-order valence-electron chi connectivity index (χ0n) is 16.0. The summed E-state index contributed by atoms with van der Waals surface area (Å²) in [4.78, 5) is 11.5.